The first-order chi connectivity index (χ1) is 11.3. The van der Waals surface area contributed by atoms with Gasteiger partial charge in [-0.15, -0.1) is 17.0 Å². The summed E-state index contributed by atoms with van der Waals surface area (Å²) < 4.78 is 3.56. The quantitative estimate of drug-likeness (QED) is 0.656. The van der Waals surface area contributed by atoms with Gasteiger partial charge in [0.15, 0.2) is 5.78 Å². The van der Waals surface area contributed by atoms with E-state index in [0.717, 1.165) is 11.0 Å². The smallest absolute Gasteiger partial charge is 0.203 e. The van der Waals surface area contributed by atoms with E-state index in [2.05, 4.69) is 20.8 Å². The molecular weight excluding hydrogens is 378 g/mol. The van der Waals surface area contributed by atoms with E-state index in [4.69, 9.17) is 5.41 Å². The molecule has 0 atom stereocenters. The van der Waals surface area contributed by atoms with Crippen molar-refractivity contribution in [3.63, 3.8) is 0 Å². The molecule has 0 unspecified atom stereocenters. The van der Waals surface area contributed by atoms with E-state index in [-0.39, 0.29) is 34.7 Å². The molecule has 3 aromatic rings. The molecule has 0 saturated heterocycles. The molecule has 25 heavy (non-hydrogen) atoms. The molecule has 0 bridgehead atoms. The highest BCUT2D eigenvalue weighted by Crippen LogP contribution is 2.22. The summed E-state index contributed by atoms with van der Waals surface area (Å²) >= 11 is 0. The number of para-hydroxylation sites is 2. The van der Waals surface area contributed by atoms with E-state index in [0.29, 0.717) is 11.2 Å². The number of Topliss-reactive ketones (excluding diaryl/α,β-unsaturated/α-hetero) is 1. The van der Waals surface area contributed by atoms with Crippen LogP contribution in [0.4, 0.5) is 0 Å². The zero-order valence-corrected chi connectivity index (χ0v) is 16.7. The molecule has 0 radical (unpaired) electrons. The number of aromatic nitrogens is 2. The molecule has 0 aliphatic heterocycles. The van der Waals surface area contributed by atoms with Crippen LogP contribution in [0.25, 0.3) is 11.0 Å². The first-order valence-electron chi connectivity index (χ1n) is 8.11. The van der Waals surface area contributed by atoms with Crippen molar-refractivity contribution in [2.75, 3.05) is 0 Å². The number of nitrogens with zero attached hydrogens (tertiary/aromatic N) is 2. The Morgan fingerprint density at radius 3 is 2.12 bits per heavy atom. The summed E-state index contributed by atoms with van der Waals surface area (Å²) in [5, 5.41) is 8.27. The van der Waals surface area contributed by atoms with Gasteiger partial charge in [0.2, 0.25) is 5.62 Å². The van der Waals surface area contributed by atoms with Crippen LogP contribution >= 0.6 is 17.0 Å². The Balaban J connectivity index is 0.00000225. The normalized spacial score (nSPS) is 11.4. The molecule has 1 aromatic heterocycles. The van der Waals surface area contributed by atoms with Crippen LogP contribution < -0.4 is 5.62 Å². The average Bonchev–Trinajstić information content (AvgIpc) is 2.79. The molecule has 1 N–H and O–H groups in total. The number of hydrogen-bond acceptors (Lipinski definition) is 2. The molecule has 0 aliphatic carbocycles. The number of carbonyl (C=O) groups is 1. The lowest BCUT2D eigenvalue weighted by Gasteiger charge is -2.19. The zero-order valence-electron chi connectivity index (χ0n) is 15.0. The molecule has 2 aromatic carbocycles. The molecule has 132 valence electrons. The van der Waals surface area contributed by atoms with Crippen molar-refractivity contribution in [3.8, 4) is 0 Å². The van der Waals surface area contributed by atoms with Crippen LogP contribution in [0.3, 0.4) is 0 Å². The highest BCUT2D eigenvalue weighted by molar-refractivity contribution is 8.93. The largest absolute Gasteiger partial charge is 0.313 e. The third-order valence-electron chi connectivity index (χ3n) is 4.48. The molecule has 0 amide bonds. The topological polar surface area (TPSA) is 50.8 Å². The van der Waals surface area contributed by atoms with Gasteiger partial charge >= 0.3 is 0 Å². The minimum Gasteiger partial charge on any atom is -0.313 e. The molecule has 0 spiro atoms. The number of halogens is 1. The number of imidazole rings is 1. The zero-order chi connectivity index (χ0) is 17.5. The van der Waals surface area contributed by atoms with E-state index in [1.807, 2.05) is 55.6 Å². The van der Waals surface area contributed by atoms with E-state index < -0.39 is 0 Å². The molecular formula is C20H24BrN3O. The number of hydrogen-bond donors (Lipinski definition) is 1. The number of ketones is 1. The van der Waals surface area contributed by atoms with Crippen LogP contribution in [0.15, 0.2) is 48.5 Å². The lowest BCUT2D eigenvalue weighted by Crippen LogP contribution is -2.26. The van der Waals surface area contributed by atoms with E-state index in [1.54, 1.807) is 9.13 Å². The van der Waals surface area contributed by atoms with Crippen molar-refractivity contribution in [1.82, 2.24) is 9.13 Å². The lowest BCUT2D eigenvalue weighted by molar-refractivity contribution is 0.0971. The first kappa shape index (κ1) is 19.2. The fraction of sp³-hybridized carbons (Fsp3) is 0.300. The van der Waals surface area contributed by atoms with Gasteiger partial charge in [-0.2, -0.15) is 0 Å². The molecule has 4 nitrogen and oxygen atoms in total. The van der Waals surface area contributed by atoms with E-state index in [1.165, 1.54) is 5.56 Å². The number of carbonyl (C=O) groups excluding carboxylic acids is 1. The Labute approximate surface area is 158 Å². The van der Waals surface area contributed by atoms with Crippen molar-refractivity contribution in [2.45, 2.75) is 32.7 Å². The standard InChI is InChI=1S/C20H23N3O.BrH/c1-20(2,3)15-11-9-14(10-12-15)18(24)13-23-17-8-6-5-7-16(17)22(4)19(23)21;/h5-12,21H,13H2,1-4H3;1H. The summed E-state index contributed by atoms with van der Waals surface area (Å²) in [6.07, 6.45) is 0. The number of rotatable bonds is 3. The third kappa shape index (κ3) is 3.61. The maximum atomic E-state index is 12.7. The Morgan fingerprint density at radius 2 is 1.56 bits per heavy atom. The fourth-order valence-electron chi connectivity index (χ4n) is 2.94. The minimum atomic E-state index is 0. The summed E-state index contributed by atoms with van der Waals surface area (Å²) in [6.45, 7) is 6.64. The molecule has 1 heterocycles. The molecule has 0 saturated carbocycles. The number of fused-ring (bicyclic) bond motifs is 1. The highest BCUT2D eigenvalue weighted by Gasteiger charge is 2.16. The SMILES string of the molecule is Br.Cn1c(=N)n(CC(=O)c2ccc(C(C)(C)C)cc2)c2ccccc21. The molecule has 5 heteroatoms. The van der Waals surface area contributed by atoms with Gasteiger partial charge in [0.05, 0.1) is 17.6 Å². The van der Waals surface area contributed by atoms with Crippen molar-refractivity contribution >= 4 is 33.8 Å². The maximum absolute atomic E-state index is 12.7. The van der Waals surface area contributed by atoms with Crippen LogP contribution in [0.2, 0.25) is 0 Å². The Hall–Kier alpha value is -2.14. The van der Waals surface area contributed by atoms with Crippen molar-refractivity contribution in [2.24, 2.45) is 7.05 Å². The van der Waals surface area contributed by atoms with Crippen molar-refractivity contribution in [3.05, 3.63) is 65.3 Å². The van der Waals surface area contributed by atoms with E-state index >= 15 is 0 Å². The predicted molar refractivity (Wildman–Crippen MR) is 107 cm³/mol. The van der Waals surface area contributed by atoms with Crippen LogP contribution in [-0.4, -0.2) is 14.9 Å². The van der Waals surface area contributed by atoms with Crippen LogP contribution in [0, 0.1) is 5.41 Å². The van der Waals surface area contributed by atoms with Gasteiger partial charge in [-0.1, -0.05) is 57.2 Å². The minimum absolute atomic E-state index is 0. The second-order valence-corrected chi connectivity index (χ2v) is 7.21. The summed E-state index contributed by atoms with van der Waals surface area (Å²) in [5.41, 5.74) is 4.15. The van der Waals surface area contributed by atoms with Gasteiger partial charge in [-0.3, -0.25) is 10.2 Å². The Morgan fingerprint density at radius 1 is 1.00 bits per heavy atom. The summed E-state index contributed by atoms with van der Waals surface area (Å²) in [7, 11) is 1.85. The van der Waals surface area contributed by atoms with Gasteiger partial charge in [0.1, 0.15) is 0 Å². The Bertz CT molecular complexity index is 959. The second-order valence-electron chi connectivity index (χ2n) is 7.21. The van der Waals surface area contributed by atoms with Crippen molar-refractivity contribution < 1.29 is 4.79 Å². The van der Waals surface area contributed by atoms with Crippen LogP contribution in [-0.2, 0) is 19.0 Å². The first-order valence-corrected chi connectivity index (χ1v) is 8.11. The molecule has 0 fully saturated rings. The average molecular weight is 402 g/mol. The maximum Gasteiger partial charge on any atom is 0.203 e. The number of benzene rings is 2. The third-order valence-corrected chi connectivity index (χ3v) is 4.48. The number of aryl methyl sites for hydroxylation is 1. The monoisotopic (exact) mass is 401 g/mol. The lowest BCUT2D eigenvalue weighted by atomic mass is 9.86. The van der Waals surface area contributed by atoms with Gasteiger partial charge in [0, 0.05) is 12.6 Å². The van der Waals surface area contributed by atoms with E-state index in [9.17, 15) is 4.79 Å². The van der Waals surface area contributed by atoms with Gasteiger partial charge in [-0.25, -0.2) is 0 Å². The van der Waals surface area contributed by atoms with Gasteiger partial charge in [0.25, 0.3) is 0 Å². The fourth-order valence-corrected chi connectivity index (χ4v) is 2.94. The second kappa shape index (κ2) is 7.00. The number of nitrogens with one attached hydrogen (secondary N) is 1. The highest BCUT2D eigenvalue weighted by atomic mass is 79.9. The summed E-state index contributed by atoms with van der Waals surface area (Å²) in [5.74, 6) is 0.0188. The van der Waals surface area contributed by atoms with Crippen LogP contribution in [0.1, 0.15) is 36.7 Å². The molecule has 3 rings (SSSR count). The van der Waals surface area contributed by atoms with Gasteiger partial charge in [-0.05, 0) is 23.1 Å². The molecule has 0 aliphatic rings. The van der Waals surface area contributed by atoms with Crippen molar-refractivity contribution in [1.29, 1.82) is 5.41 Å². The summed E-state index contributed by atoms with van der Waals surface area (Å²) in [4.78, 5) is 12.7. The Kier molecular flexibility index (Phi) is 5.37. The van der Waals surface area contributed by atoms with Crippen LogP contribution in [0.5, 0.6) is 0 Å². The van der Waals surface area contributed by atoms with Gasteiger partial charge < -0.3 is 9.13 Å². The predicted octanol–water partition coefficient (Wildman–Crippen LogP) is 4.22. The summed E-state index contributed by atoms with van der Waals surface area (Å²) in [6, 6.07) is 15.6.